The second-order valence-electron chi connectivity index (χ2n) is 8.66. The van der Waals surface area contributed by atoms with Crippen molar-refractivity contribution in [3.05, 3.63) is 36.4 Å². The van der Waals surface area contributed by atoms with Crippen LogP contribution in [0.2, 0.25) is 0 Å². The first kappa shape index (κ1) is 23.7. The third kappa shape index (κ3) is 5.53. The van der Waals surface area contributed by atoms with E-state index in [9.17, 15) is 9.59 Å². The Hall–Kier alpha value is -2.54. The molecule has 0 spiro atoms. The van der Waals surface area contributed by atoms with Crippen molar-refractivity contribution < 1.29 is 23.8 Å². The summed E-state index contributed by atoms with van der Waals surface area (Å²) in [5, 5.41) is 3.48. The summed E-state index contributed by atoms with van der Waals surface area (Å²) >= 11 is 0. The maximum Gasteiger partial charge on any atom is 0.417 e. The molecule has 1 aliphatic rings. The van der Waals surface area contributed by atoms with Crippen LogP contribution in [0.4, 0.5) is 10.5 Å². The van der Waals surface area contributed by atoms with Crippen molar-refractivity contribution in [1.82, 2.24) is 4.90 Å². The van der Waals surface area contributed by atoms with Crippen LogP contribution in [0.25, 0.3) is 0 Å². The molecule has 1 aromatic carbocycles. The van der Waals surface area contributed by atoms with Crippen LogP contribution in [-0.2, 0) is 14.3 Å². The van der Waals surface area contributed by atoms with Gasteiger partial charge in [-0.25, -0.2) is 9.69 Å². The number of rotatable bonds is 8. The molecule has 0 saturated heterocycles. The third-order valence-corrected chi connectivity index (χ3v) is 5.19. The highest BCUT2D eigenvalue weighted by molar-refractivity contribution is 6.01. The SMILES string of the molecule is CCCC(C)(OC)[C@@H](Nc1ccc(OC)cc1)C1C=CC(=O)N1C(=O)OC(C)(C)C. The molecule has 0 aliphatic carbocycles. The highest BCUT2D eigenvalue weighted by Gasteiger charge is 2.46. The predicted molar refractivity (Wildman–Crippen MR) is 117 cm³/mol. The summed E-state index contributed by atoms with van der Waals surface area (Å²) in [5.74, 6) is 0.345. The highest BCUT2D eigenvalue weighted by atomic mass is 16.6. The monoisotopic (exact) mass is 418 g/mol. The quantitative estimate of drug-likeness (QED) is 0.675. The third-order valence-electron chi connectivity index (χ3n) is 5.19. The summed E-state index contributed by atoms with van der Waals surface area (Å²) in [7, 11) is 3.26. The van der Waals surface area contributed by atoms with E-state index < -0.39 is 35.3 Å². The molecule has 1 heterocycles. The van der Waals surface area contributed by atoms with Gasteiger partial charge in [0.1, 0.15) is 11.4 Å². The summed E-state index contributed by atoms with van der Waals surface area (Å²) in [4.78, 5) is 26.6. The van der Waals surface area contributed by atoms with Crippen molar-refractivity contribution in [2.45, 2.75) is 70.7 Å². The van der Waals surface area contributed by atoms with Gasteiger partial charge in [0.25, 0.3) is 5.91 Å². The normalized spacial score (nSPS) is 19.4. The van der Waals surface area contributed by atoms with Gasteiger partial charge in [0.05, 0.1) is 24.8 Å². The number of anilines is 1. The maximum absolute atomic E-state index is 12.9. The standard InChI is InChI=1S/C23H34N2O5/c1-8-15-23(5,29-7)20(24-16-9-11-17(28-6)12-10-16)18-13-14-19(26)25(18)21(27)30-22(2,3)4/h9-14,18,20,24H,8,15H2,1-7H3/t18?,20-,23?/m0/s1. The van der Waals surface area contributed by atoms with Gasteiger partial charge >= 0.3 is 6.09 Å². The Bertz CT molecular complexity index is 769. The molecule has 0 saturated carbocycles. The van der Waals surface area contributed by atoms with Crippen molar-refractivity contribution in [3.63, 3.8) is 0 Å². The zero-order chi connectivity index (χ0) is 22.5. The Morgan fingerprint density at radius 2 is 1.80 bits per heavy atom. The number of nitrogens with zero attached hydrogens (tertiary/aromatic N) is 1. The molecule has 1 aliphatic heterocycles. The van der Waals surface area contributed by atoms with E-state index in [1.807, 2.05) is 31.2 Å². The molecule has 166 valence electrons. The number of methoxy groups -OCH3 is 2. The molecule has 0 aromatic heterocycles. The number of carbonyl (C=O) groups excluding carboxylic acids is 2. The minimum atomic E-state index is -0.711. The fraction of sp³-hybridized carbons (Fsp3) is 0.565. The van der Waals surface area contributed by atoms with Crippen LogP contribution in [0.3, 0.4) is 0 Å². The number of nitrogens with one attached hydrogen (secondary N) is 1. The number of amides is 2. The van der Waals surface area contributed by atoms with Crippen LogP contribution in [0.5, 0.6) is 5.75 Å². The Morgan fingerprint density at radius 3 is 2.30 bits per heavy atom. The Kier molecular flexibility index (Phi) is 7.53. The Labute approximate surface area is 179 Å². The minimum Gasteiger partial charge on any atom is -0.497 e. The molecule has 0 fully saturated rings. The lowest BCUT2D eigenvalue weighted by atomic mass is 9.85. The van der Waals surface area contributed by atoms with Gasteiger partial charge in [0, 0.05) is 18.9 Å². The van der Waals surface area contributed by atoms with Gasteiger partial charge in [0.15, 0.2) is 0 Å². The summed E-state index contributed by atoms with van der Waals surface area (Å²) in [5.41, 5.74) is -0.525. The Balaban J connectivity index is 2.41. The number of benzene rings is 1. The summed E-state index contributed by atoms with van der Waals surface area (Å²) in [6.45, 7) is 9.39. The van der Waals surface area contributed by atoms with Crippen LogP contribution in [0.15, 0.2) is 36.4 Å². The van der Waals surface area contributed by atoms with Crippen LogP contribution >= 0.6 is 0 Å². The second kappa shape index (κ2) is 9.51. The number of carbonyl (C=O) groups is 2. The van der Waals surface area contributed by atoms with Crippen LogP contribution in [0.1, 0.15) is 47.5 Å². The molecule has 2 rings (SSSR count). The molecule has 30 heavy (non-hydrogen) atoms. The van der Waals surface area contributed by atoms with E-state index >= 15 is 0 Å². The van der Waals surface area contributed by atoms with Gasteiger partial charge in [0.2, 0.25) is 0 Å². The molecular weight excluding hydrogens is 384 g/mol. The van der Waals surface area contributed by atoms with Crippen molar-refractivity contribution >= 4 is 17.7 Å². The maximum atomic E-state index is 12.9. The van der Waals surface area contributed by atoms with Gasteiger partial charge in [-0.2, -0.15) is 0 Å². The summed E-state index contributed by atoms with van der Waals surface area (Å²) < 4.78 is 16.7. The van der Waals surface area contributed by atoms with Crippen molar-refractivity contribution in [1.29, 1.82) is 0 Å². The second-order valence-corrected chi connectivity index (χ2v) is 8.66. The van der Waals surface area contributed by atoms with Crippen LogP contribution < -0.4 is 10.1 Å². The van der Waals surface area contributed by atoms with Gasteiger partial charge in [-0.3, -0.25) is 4.79 Å². The van der Waals surface area contributed by atoms with Crippen LogP contribution in [0, 0.1) is 0 Å². The summed E-state index contributed by atoms with van der Waals surface area (Å²) in [6, 6.07) is 6.53. The predicted octanol–water partition coefficient (Wildman–Crippen LogP) is 4.38. The zero-order valence-corrected chi connectivity index (χ0v) is 19.0. The molecular formula is C23H34N2O5. The van der Waals surface area contributed by atoms with Gasteiger partial charge in [-0.15, -0.1) is 0 Å². The first-order valence-corrected chi connectivity index (χ1v) is 10.2. The molecule has 3 atom stereocenters. The molecule has 2 unspecified atom stereocenters. The van der Waals surface area contributed by atoms with E-state index in [0.717, 1.165) is 24.3 Å². The minimum absolute atomic E-state index is 0.397. The fourth-order valence-corrected chi connectivity index (χ4v) is 3.62. The number of hydrogen-bond acceptors (Lipinski definition) is 6. The van der Waals surface area contributed by atoms with Gasteiger partial charge in [-0.1, -0.05) is 19.4 Å². The molecule has 1 N–H and O–H groups in total. The zero-order valence-electron chi connectivity index (χ0n) is 19.0. The van der Waals surface area contributed by atoms with E-state index in [1.54, 1.807) is 41.1 Å². The largest absolute Gasteiger partial charge is 0.497 e. The molecule has 0 radical (unpaired) electrons. The van der Waals surface area contributed by atoms with Crippen molar-refractivity contribution in [2.75, 3.05) is 19.5 Å². The molecule has 2 amide bonds. The number of imide groups is 1. The number of ether oxygens (including phenoxy) is 3. The van der Waals surface area contributed by atoms with Crippen molar-refractivity contribution in [3.8, 4) is 5.75 Å². The summed E-state index contributed by atoms with van der Waals surface area (Å²) in [6.07, 6.45) is 4.10. The van der Waals surface area contributed by atoms with E-state index in [-0.39, 0.29) is 0 Å². The lowest BCUT2D eigenvalue weighted by Crippen LogP contribution is -2.59. The molecule has 7 nitrogen and oxygen atoms in total. The smallest absolute Gasteiger partial charge is 0.417 e. The van der Waals surface area contributed by atoms with Gasteiger partial charge < -0.3 is 19.5 Å². The highest BCUT2D eigenvalue weighted by Crippen LogP contribution is 2.32. The molecule has 7 heteroatoms. The first-order valence-electron chi connectivity index (χ1n) is 10.2. The molecule has 1 aromatic rings. The number of hydrogen-bond donors (Lipinski definition) is 1. The lowest BCUT2D eigenvalue weighted by molar-refractivity contribution is -0.126. The molecule has 0 bridgehead atoms. The average Bonchev–Trinajstić information content (AvgIpc) is 3.06. The lowest BCUT2D eigenvalue weighted by Gasteiger charge is -2.42. The van der Waals surface area contributed by atoms with E-state index in [2.05, 4.69) is 12.2 Å². The van der Waals surface area contributed by atoms with Crippen molar-refractivity contribution in [2.24, 2.45) is 0 Å². The van der Waals surface area contributed by atoms with E-state index in [1.165, 1.54) is 11.0 Å². The Morgan fingerprint density at radius 1 is 1.17 bits per heavy atom. The first-order chi connectivity index (χ1) is 14.0. The topological polar surface area (TPSA) is 77.1 Å². The van der Waals surface area contributed by atoms with Crippen LogP contribution in [-0.4, -0.2) is 54.4 Å². The fourth-order valence-electron chi connectivity index (χ4n) is 3.62. The van der Waals surface area contributed by atoms with Gasteiger partial charge in [-0.05, 0) is 58.4 Å². The van der Waals surface area contributed by atoms with E-state index in [4.69, 9.17) is 14.2 Å². The average molecular weight is 419 g/mol. The van der Waals surface area contributed by atoms with E-state index in [0.29, 0.717) is 0 Å².